The van der Waals surface area contributed by atoms with E-state index >= 15 is 0 Å². The molecule has 0 bridgehead atoms. The topological polar surface area (TPSA) is 37.4 Å². The van der Waals surface area contributed by atoms with Crippen LogP contribution in [0.5, 0.6) is 0 Å². The molecule has 0 amide bonds. The van der Waals surface area contributed by atoms with Gasteiger partial charge in [0.2, 0.25) is 10.0 Å². The van der Waals surface area contributed by atoms with E-state index in [1.165, 1.54) is 0 Å². The van der Waals surface area contributed by atoms with E-state index in [-0.39, 0.29) is 6.04 Å². The Morgan fingerprint density at radius 3 is 2.52 bits per heavy atom. The first-order valence-corrected chi connectivity index (χ1v) is 9.15. The Labute approximate surface area is 133 Å². The average Bonchev–Trinajstić information content (AvgIpc) is 2.98. The molecular weight excluding hydrogens is 350 g/mol. The monoisotopic (exact) mass is 365 g/mol. The Morgan fingerprint density at radius 2 is 1.81 bits per heavy atom. The van der Waals surface area contributed by atoms with E-state index in [1.807, 2.05) is 36.4 Å². The zero-order valence-corrected chi connectivity index (χ0v) is 13.8. The molecule has 2 aromatic carbocycles. The van der Waals surface area contributed by atoms with Crippen LogP contribution in [-0.4, -0.2) is 19.3 Å². The number of sulfonamides is 1. The fourth-order valence-electron chi connectivity index (χ4n) is 2.80. The normalized spacial score (nSPS) is 19.8. The molecule has 0 aliphatic carbocycles. The summed E-state index contributed by atoms with van der Waals surface area (Å²) in [5.74, 6) is 0. The summed E-state index contributed by atoms with van der Waals surface area (Å²) in [5, 5.41) is 0. The van der Waals surface area contributed by atoms with E-state index in [2.05, 4.69) is 15.9 Å². The Bertz CT molecular complexity index is 731. The molecule has 0 saturated carbocycles. The summed E-state index contributed by atoms with van der Waals surface area (Å²) in [4.78, 5) is 0.347. The van der Waals surface area contributed by atoms with Gasteiger partial charge in [0.05, 0.1) is 10.9 Å². The molecule has 0 aromatic heterocycles. The van der Waals surface area contributed by atoms with Gasteiger partial charge in [-0.25, -0.2) is 8.42 Å². The maximum Gasteiger partial charge on any atom is 0.243 e. The molecule has 1 atom stereocenters. The smallest absolute Gasteiger partial charge is 0.207 e. The van der Waals surface area contributed by atoms with Crippen LogP contribution in [0.2, 0.25) is 0 Å². The Kier molecular flexibility index (Phi) is 4.15. The van der Waals surface area contributed by atoms with Crippen LogP contribution in [0.1, 0.15) is 24.4 Å². The maximum absolute atomic E-state index is 12.9. The van der Waals surface area contributed by atoms with Crippen molar-refractivity contribution in [1.82, 2.24) is 4.31 Å². The number of nitrogens with zero attached hydrogens (tertiary/aromatic N) is 1. The maximum atomic E-state index is 12.9. The SMILES string of the molecule is O=S(=O)(c1cccc(Br)c1)N1CCCC1c1ccccc1. The lowest BCUT2D eigenvalue weighted by atomic mass is 10.1. The van der Waals surface area contributed by atoms with Crippen molar-refractivity contribution in [2.45, 2.75) is 23.8 Å². The van der Waals surface area contributed by atoms with Gasteiger partial charge in [-0.2, -0.15) is 4.31 Å². The first-order valence-electron chi connectivity index (χ1n) is 6.91. The van der Waals surface area contributed by atoms with Gasteiger partial charge >= 0.3 is 0 Å². The summed E-state index contributed by atoms with van der Waals surface area (Å²) in [6.07, 6.45) is 1.77. The third-order valence-corrected chi connectivity index (χ3v) is 6.19. The van der Waals surface area contributed by atoms with Gasteiger partial charge in [0.25, 0.3) is 0 Å². The lowest BCUT2D eigenvalue weighted by Crippen LogP contribution is -2.30. The zero-order valence-electron chi connectivity index (χ0n) is 11.4. The van der Waals surface area contributed by atoms with Crippen LogP contribution in [0.25, 0.3) is 0 Å². The molecular formula is C16H16BrNO2S. The number of halogens is 1. The van der Waals surface area contributed by atoms with E-state index in [0.717, 1.165) is 22.9 Å². The van der Waals surface area contributed by atoms with Crippen LogP contribution >= 0.6 is 15.9 Å². The minimum Gasteiger partial charge on any atom is -0.207 e. The minimum atomic E-state index is -3.46. The van der Waals surface area contributed by atoms with Gasteiger partial charge in [-0.05, 0) is 36.6 Å². The van der Waals surface area contributed by atoms with Gasteiger partial charge in [-0.3, -0.25) is 0 Å². The molecule has 5 heteroatoms. The number of rotatable bonds is 3. The van der Waals surface area contributed by atoms with Gasteiger partial charge in [-0.1, -0.05) is 52.3 Å². The van der Waals surface area contributed by atoms with Gasteiger partial charge in [0.15, 0.2) is 0 Å². The van der Waals surface area contributed by atoms with Gasteiger partial charge < -0.3 is 0 Å². The zero-order chi connectivity index (χ0) is 14.9. The standard InChI is InChI=1S/C16H16BrNO2S/c17-14-8-4-9-15(12-14)21(19,20)18-11-5-10-16(18)13-6-2-1-3-7-13/h1-4,6-9,12,16H,5,10-11H2. The van der Waals surface area contributed by atoms with Gasteiger partial charge in [0.1, 0.15) is 0 Å². The van der Waals surface area contributed by atoms with Crippen molar-refractivity contribution in [3.8, 4) is 0 Å². The van der Waals surface area contributed by atoms with Crippen LogP contribution in [0.4, 0.5) is 0 Å². The Hall–Kier alpha value is -1.17. The molecule has 1 aliphatic heterocycles. The molecule has 3 rings (SSSR count). The molecule has 1 fully saturated rings. The average molecular weight is 366 g/mol. The van der Waals surface area contributed by atoms with E-state index in [4.69, 9.17) is 0 Å². The third-order valence-electron chi connectivity index (χ3n) is 3.79. The number of hydrogen-bond donors (Lipinski definition) is 0. The molecule has 2 aromatic rings. The van der Waals surface area contributed by atoms with E-state index in [9.17, 15) is 8.42 Å². The summed E-state index contributed by atoms with van der Waals surface area (Å²) < 4.78 is 28.2. The van der Waals surface area contributed by atoms with Crippen molar-refractivity contribution in [3.05, 3.63) is 64.6 Å². The summed E-state index contributed by atoms with van der Waals surface area (Å²) in [6, 6.07) is 16.7. The lowest BCUT2D eigenvalue weighted by Gasteiger charge is -2.24. The van der Waals surface area contributed by atoms with Crippen LogP contribution in [0.15, 0.2) is 64.0 Å². The highest BCUT2D eigenvalue weighted by Crippen LogP contribution is 2.36. The second-order valence-electron chi connectivity index (χ2n) is 5.14. The van der Waals surface area contributed by atoms with Crippen molar-refractivity contribution >= 4 is 26.0 Å². The molecule has 1 unspecified atom stereocenters. The third kappa shape index (κ3) is 2.91. The molecule has 1 saturated heterocycles. The van der Waals surface area contributed by atoms with Gasteiger partial charge in [-0.15, -0.1) is 0 Å². The lowest BCUT2D eigenvalue weighted by molar-refractivity contribution is 0.396. The predicted octanol–water partition coefficient (Wildman–Crippen LogP) is 3.97. The number of benzene rings is 2. The summed E-state index contributed by atoms with van der Waals surface area (Å²) in [5.41, 5.74) is 1.06. The quantitative estimate of drug-likeness (QED) is 0.824. The largest absolute Gasteiger partial charge is 0.243 e. The van der Waals surface area contributed by atoms with E-state index < -0.39 is 10.0 Å². The van der Waals surface area contributed by atoms with Crippen LogP contribution in [0, 0.1) is 0 Å². The highest BCUT2D eigenvalue weighted by molar-refractivity contribution is 9.10. The molecule has 3 nitrogen and oxygen atoms in total. The van der Waals surface area contributed by atoms with E-state index in [1.54, 1.807) is 22.5 Å². The summed E-state index contributed by atoms with van der Waals surface area (Å²) in [7, 11) is -3.46. The molecule has 0 N–H and O–H groups in total. The van der Waals surface area contributed by atoms with Crippen molar-refractivity contribution in [3.63, 3.8) is 0 Å². The van der Waals surface area contributed by atoms with Crippen LogP contribution < -0.4 is 0 Å². The van der Waals surface area contributed by atoms with E-state index in [0.29, 0.717) is 11.4 Å². The van der Waals surface area contributed by atoms with Crippen molar-refractivity contribution in [2.75, 3.05) is 6.54 Å². The minimum absolute atomic E-state index is 0.0600. The predicted molar refractivity (Wildman–Crippen MR) is 86.5 cm³/mol. The molecule has 110 valence electrons. The van der Waals surface area contributed by atoms with Crippen LogP contribution in [-0.2, 0) is 10.0 Å². The van der Waals surface area contributed by atoms with Crippen molar-refractivity contribution < 1.29 is 8.42 Å². The Balaban J connectivity index is 1.98. The first kappa shape index (κ1) is 14.8. The highest BCUT2D eigenvalue weighted by atomic mass is 79.9. The molecule has 1 heterocycles. The van der Waals surface area contributed by atoms with Crippen molar-refractivity contribution in [1.29, 1.82) is 0 Å². The molecule has 1 aliphatic rings. The molecule has 0 spiro atoms. The number of hydrogen-bond acceptors (Lipinski definition) is 2. The van der Waals surface area contributed by atoms with Crippen molar-refractivity contribution in [2.24, 2.45) is 0 Å². The molecule has 0 radical (unpaired) electrons. The summed E-state index contributed by atoms with van der Waals surface area (Å²) in [6.45, 7) is 0.578. The summed E-state index contributed by atoms with van der Waals surface area (Å²) >= 11 is 3.34. The fraction of sp³-hybridized carbons (Fsp3) is 0.250. The fourth-order valence-corrected chi connectivity index (χ4v) is 5.08. The Morgan fingerprint density at radius 1 is 1.05 bits per heavy atom. The highest BCUT2D eigenvalue weighted by Gasteiger charge is 2.36. The molecule has 21 heavy (non-hydrogen) atoms. The van der Waals surface area contributed by atoms with Gasteiger partial charge in [0, 0.05) is 11.0 Å². The second-order valence-corrected chi connectivity index (χ2v) is 7.95. The van der Waals surface area contributed by atoms with Crippen LogP contribution in [0.3, 0.4) is 0 Å². The second kappa shape index (κ2) is 5.91. The first-order chi connectivity index (χ1) is 10.1.